The Morgan fingerprint density at radius 2 is 2.06 bits per heavy atom. The van der Waals surface area contributed by atoms with Crippen LogP contribution in [0.5, 0.6) is 0 Å². The van der Waals surface area contributed by atoms with Crippen molar-refractivity contribution in [1.82, 2.24) is 5.32 Å². The predicted octanol–water partition coefficient (Wildman–Crippen LogP) is 2.45. The van der Waals surface area contributed by atoms with Crippen LogP contribution in [0, 0.1) is 11.3 Å². The van der Waals surface area contributed by atoms with Gasteiger partial charge in [0, 0.05) is 12.5 Å². The van der Waals surface area contributed by atoms with Crippen molar-refractivity contribution in [3.8, 4) is 0 Å². The third-order valence-corrected chi connectivity index (χ3v) is 3.90. The average Bonchev–Trinajstić information content (AvgIpc) is 2.83. The number of hydrogen-bond acceptors (Lipinski definition) is 2. The van der Waals surface area contributed by atoms with E-state index in [0.717, 1.165) is 25.8 Å². The average molecular weight is 240 g/mol. The van der Waals surface area contributed by atoms with Crippen LogP contribution in [0.15, 0.2) is 0 Å². The highest BCUT2D eigenvalue weighted by atomic mass is 16.1. The van der Waals surface area contributed by atoms with Crippen LogP contribution in [0.4, 0.5) is 0 Å². The zero-order valence-electron chi connectivity index (χ0n) is 11.6. The lowest BCUT2D eigenvalue weighted by Crippen LogP contribution is -2.28. The summed E-state index contributed by atoms with van der Waals surface area (Å²) in [6, 6.07) is 0.411. The third kappa shape index (κ3) is 5.07. The molecular weight excluding hydrogens is 212 g/mol. The summed E-state index contributed by atoms with van der Waals surface area (Å²) in [4.78, 5) is 11.8. The van der Waals surface area contributed by atoms with Crippen molar-refractivity contribution < 1.29 is 4.79 Å². The van der Waals surface area contributed by atoms with Crippen LogP contribution in [-0.2, 0) is 4.79 Å². The fourth-order valence-electron chi connectivity index (χ4n) is 2.39. The number of rotatable bonds is 8. The molecule has 0 aromatic heterocycles. The number of carbonyl (C=O) groups is 1. The predicted molar refractivity (Wildman–Crippen MR) is 71.6 cm³/mol. The van der Waals surface area contributed by atoms with Crippen LogP contribution in [0.1, 0.15) is 59.3 Å². The summed E-state index contributed by atoms with van der Waals surface area (Å²) in [6.45, 7) is 7.33. The zero-order valence-corrected chi connectivity index (χ0v) is 11.6. The molecule has 0 saturated heterocycles. The Hall–Kier alpha value is -0.570. The first-order valence-corrected chi connectivity index (χ1v) is 6.99. The second kappa shape index (κ2) is 6.39. The van der Waals surface area contributed by atoms with Crippen LogP contribution < -0.4 is 11.1 Å². The van der Waals surface area contributed by atoms with Gasteiger partial charge in [0.25, 0.3) is 0 Å². The van der Waals surface area contributed by atoms with E-state index in [1.807, 2.05) is 0 Å². The standard InChI is InChI=1S/C14H28N2O/c1-4-5-11(8-9-15)6-7-13(17)16-12-10-14(12,2)3/h11-12H,4-10,15H2,1-3H3,(H,16,17). The molecule has 0 spiro atoms. The molecule has 1 fully saturated rings. The normalized spacial score (nSPS) is 23.2. The maximum atomic E-state index is 11.8. The molecule has 1 aliphatic rings. The van der Waals surface area contributed by atoms with Gasteiger partial charge in [0.2, 0.25) is 5.91 Å². The lowest BCUT2D eigenvalue weighted by Gasteiger charge is -2.15. The zero-order chi connectivity index (χ0) is 12.9. The Balaban J connectivity index is 2.17. The molecule has 100 valence electrons. The molecule has 0 radical (unpaired) electrons. The van der Waals surface area contributed by atoms with E-state index in [2.05, 4.69) is 26.1 Å². The molecule has 1 saturated carbocycles. The molecule has 2 atom stereocenters. The lowest BCUT2D eigenvalue weighted by atomic mass is 9.94. The maximum Gasteiger partial charge on any atom is 0.220 e. The van der Waals surface area contributed by atoms with Gasteiger partial charge in [0.05, 0.1) is 0 Å². The van der Waals surface area contributed by atoms with Crippen molar-refractivity contribution in [3.63, 3.8) is 0 Å². The van der Waals surface area contributed by atoms with E-state index in [1.165, 1.54) is 12.8 Å². The maximum absolute atomic E-state index is 11.8. The number of carbonyl (C=O) groups excluding carboxylic acids is 1. The summed E-state index contributed by atoms with van der Waals surface area (Å²) in [7, 11) is 0. The first kappa shape index (κ1) is 14.5. The minimum atomic E-state index is 0.221. The van der Waals surface area contributed by atoms with Gasteiger partial charge in [-0.2, -0.15) is 0 Å². The van der Waals surface area contributed by atoms with Crippen molar-refractivity contribution in [2.75, 3.05) is 6.54 Å². The van der Waals surface area contributed by atoms with E-state index >= 15 is 0 Å². The number of hydrogen-bond donors (Lipinski definition) is 2. The minimum Gasteiger partial charge on any atom is -0.353 e. The molecule has 0 bridgehead atoms. The molecule has 3 nitrogen and oxygen atoms in total. The molecule has 3 N–H and O–H groups in total. The summed E-state index contributed by atoms with van der Waals surface area (Å²) < 4.78 is 0. The SMILES string of the molecule is CCCC(CCN)CCC(=O)NC1CC1(C)C. The van der Waals surface area contributed by atoms with Crippen LogP contribution >= 0.6 is 0 Å². The highest BCUT2D eigenvalue weighted by molar-refractivity contribution is 5.76. The molecule has 1 amide bonds. The van der Waals surface area contributed by atoms with Gasteiger partial charge in [-0.3, -0.25) is 4.79 Å². The Morgan fingerprint density at radius 3 is 2.53 bits per heavy atom. The Kier molecular flexibility index (Phi) is 5.44. The molecule has 0 aromatic carbocycles. The summed E-state index contributed by atoms with van der Waals surface area (Å²) in [5.74, 6) is 0.849. The van der Waals surface area contributed by atoms with Crippen molar-refractivity contribution in [2.45, 2.75) is 65.3 Å². The smallest absolute Gasteiger partial charge is 0.220 e. The third-order valence-electron chi connectivity index (χ3n) is 3.90. The van der Waals surface area contributed by atoms with E-state index in [4.69, 9.17) is 5.73 Å². The second-order valence-electron chi connectivity index (χ2n) is 6.08. The summed E-state index contributed by atoms with van der Waals surface area (Å²) in [5, 5.41) is 3.11. The summed E-state index contributed by atoms with van der Waals surface area (Å²) in [5.41, 5.74) is 5.92. The fourth-order valence-corrected chi connectivity index (χ4v) is 2.39. The lowest BCUT2D eigenvalue weighted by molar-refractivity contribution is -0.121. The molecule has 3 heteroatoms. The van der Waals surface area contributed by atoms with Gasteiger partial charge >= 0.3 is 0 Å². The first-order chi connectivity index (χ1) is 7.99. The highest BCUT2D eigenvalue weighted by Crippen LogP contribution is 2.44. The monoisotopic (exact) mass is 240 g/mol. The van der Waals surface area contributed by atoms with Crippen LogP contribution in [0.25, 0.3) is 0 Å². The Bertz CT molecular complexity index is 245. The number of nitrogens with two attached hydrogens (primary N) is 1. The Morgan fingerprint density at radius 1 is 1.41 bits per heavy atom. The number of nitrogens with one attached hydrogen (secondary N) is 1. The van der Waals surface area contributed by atoms with Crippen LogP contribution in [0.3, 0.4) is 0 Å². The molecular formula is C14H28N2O. The summed E-state index contributed by atoms with van der Waals surface area (Å²) >= 11 is 0. The van der Waals surface area contributed by atoms with Crippen LogP contribution in [0.2, 0.25) is 0 Å². The highest BCUT2D eigenvalue weighted by Gasteiger charge is 2.46. The van der Waals surface area contributed by atoms with E-state index in [1.54, 1.807) is 0 Å². The molecule has 1 aliphatic carbocycles. The Labute approximate surface area is 106 Å². The molecule has 2 unspecified atom stereocenters. The van der Waals surface area contributed by atoms with E-state index in [0.29, 0.717) is 23.8 Å². The second-order valence-corrected chi connectivity index (χ2v) is 6.08. The van der Waals surface area contributed by atoms with Crippen molar-refractivity contribution >= 4 is 5.91 Å². The number of amides is 1. The minimum absolute atomic E-state index is 0.221. The molecule has 0 heterocycles. The first-order valence-electron chi connectivity index (χ1n) is 6.99. The van der Waals surface area contributed by atoms with E-state index in [9.17, 15) is 4.79 Å². The van der Waals surface area contributed by atoms with Crippen molar-refractivity contribution in [1.29, 1.82) is 0 Å². The van der Waals surface area contributed by atoms with E-state index in [-0.39, 0.29) is 5.91 Å². The van der Waals surface area contributed by atoms with Gasteiger partial charge < -0.3 is 11.1 Å². The summed E-state index contributed by atoms with van der Waals surface area (Å²) in [6.07, 6.45) is 6.21. The van der Waals surface area contributed by atoms with Gasteiger partial charge in [-0.1, -0.05) is 33.6 Å². The van der Waals surface area contributed by atoms with Gasteiger partial charge in [-0.25, -0.2) is 0 Å². The van der Waals surface area contributed by atoms with Gasteiger partial charge in [-0.05, 0) is 37.1 Å². The van der Waals surface area contributed by atoms with Gasteiger partial charge in [0.15, 0.2) is 0 Å². The molecule has 0 aromatic rings. The molecule has 1 rings (SSSR count). The largest absolute Gasteiger partial charge is 0.353 e. The van der Waals surface area contributed by atoms with Gasteiger partial charge in [-0.15, -0.1) is 0 Å². The fraction of sp³-hybridized carbons (Fsp3) is 0.929. The molecule has 0 aliphatic heterocycles. The topological polar surface area (TPSA) is 55.1 Å². The van der Waals surface area contributed by atoms with Crippen LogP contribution in [-0.4, -0.2) is 18.5 Å². The van der Waals surface area contributed by atoms with Crippen molar-refractivity contribution in [2.24, 2.45) is 17.1 Å². The van der Waals surface area contributed by atoms with E-state index < -0.39 is 0 Å². The molecule has 17 heavy (non-hydrogen) atoms. The van der Waals surface area contributed by atoms with Gasteiger partial charge in [0.1, 0.15) is 0 Å². The quantitative estimate of drug-likeness (QED) is 0.684. The van der Waals surface area contributed by atoms with Crippen molar-refractivity contribution in [3.05, 3.63) is 0 Å².